The van der Waals surface area contributed by atoms with Gasteiger partial charge in [-0.05, 0) is 35.9 Å². The average molecular weight is 306 g/mol. The molecule has 1 N–H and O–H groups in total. The molecule has 2 aromatic carbocycles. The zero-order chi connectivity index (χ0) is 16.7. The van der Waals surface area contributed by atoms with Crippen LogP contribution in [0.4, 0.5) is 5.69 Å². The molecule has 0 aromatic heterocycles. The topological polar surface area (TPSA) is 79.2 Å². The number of benzene rings is 2. The van der Waals surface area contributed by atoms with Crippen LogP contribution < -0.4 is 5.32 Å². The first-order valence-corrected chi connectivity index (χ1v) is 6.80. The van der Waals surface area contributed by atoms with Crippen LogP contribution in [-0.4, -0.2) is 19.0 Å². The molecule has 0 bridgehead atoms. The minimum Gasteiger partial charge on any atom is -0.465 e. The number of anilines is 1. The molecule has 0 aliphatic heterocycles. The van der Waals surface area contributed by atoms with E-state index in [1.165, 1.54) is 13.2 Å². The highest BCUT2D eigenvalue weighted by Gasteiger charge is 2.11. The van der Waals surface area contributed by atoms with Crippen molar-refractivity contribution in [2.24, 2.45) is 0 Å². The van der Waals surface area contributed by atoms with E-state index in [0.717, 1.165) is 5.56 Å². The van der Waals surface area contributed by atoms with Crippen molar-refractivity contribution in [3.05, 3.63) is 71.3 Å². The fraction of sp³-hybridized carbons (Fsp3) is 0.0556. The first-order chi connectivity index (χ1) is 11.1. The van der Waals surface area contributed by atoms with E-state index in [1.807, 2.05) is 6.07 Å². The molecule has 0 heterocycles. The van der Waals surface area contributed by atoms with Crippen molar-refractivity contribution in [1.29, 1.82) is 5.26 Å². The number of esters is 1. The summed E-state index contributed by atoms with van der Waals surface area (Å²) < 4.78 is 4.68. The minimum absolute atomic E-state index is 0.287. The Labute approximate surface area is 133 Å². The molecule has 0 saturated carbocycles. The molecule has 0 spiro atoms. The lowest BCUT2D eigenvalue weighted by Gasteiger charge is -2.07. The van der Waals surface area contributed by atoms with Gasteiger partial charge in [-0.3, -0.25) is 4.79 Å². The number of ether oxygens (including phenoxy) is 1. The Morgan fingerprint density at radius 2 is 1.83 bits per heavy atom. The van der Waals surface area contributed by atoms with Crippen LogP contribution in [0.15, 0.2) is 54.6 Å². The zero-order valence-corrected chi connectivity index (χ0v) is 12.4. The van der Waals surface area contributed by atoms with Crippen LogP contribution in [-0.2, 0) is 9.53 Å². The van der Waals surface area contributed by atoms with Gasteiger partial charge in [-0.1, -0.05) is 24.3 Å². The highest BCUT2D eigenvalue weighted by atomic mass is 16.5. The van der Waals surface area contributed by atoms with Crippen LogP contribution in [0.2, 0.25) is 0 Å². The van der Waals surface area contributed by atoms with Gasteiger partial charge in [-0.25, -0.2) is 4.79 Å². The molecular weight excluding hydrogens is 292 g/mol. The number of hydrogen-bond donors (Lipinski definition) is 1. The van der Waals surface area contributed by atoms with Crippen LogP contribution >= 0.6 is 0 Å². The van der Waals surface area contributed by atoms with Crippen LogP contribution in [0.5, 0.6) is 0 Å². The number of carbonyl (C=O) groups is 2. The van der Waals surface area contributed by atoms with Gasteiger partial charge in [0.05, 0.1) is 30.0 Å². The van der Waals surface area contributed by atoms with Crippen molar-refractivity contribution in [3.8, 4) is 6.07 Å². The molecule has 0 aliphatic rings. The SMILES string of the molecule is COC(=O)c1ccccc1NC(=O)C=Cc1ccc(C#N)cc1. The summed E-state index contributed by atoms with van der Waals surface area (Å²) in [6, 6.07) is 15.5. The molecule has 0 unspecified atom stereocenters. The smallest absolute Gasteiger partial charge is 0.339 e. The largest absolute Gasteiger partial charge is 0.465 e. The summed E-state index contributed by atoms with van der Waals surface area (Å²) in [5.41, 5.74) is 2.02. The number of amides is 1. The molecule has 2 rings (SSSR count). The van der Waals surface area contributed by atoms with Crippen LogP contribution in [0.1, 0.15) is 21.5 Å². The Morgan fingerprint density at radius 1 is 1.13 bits per heavy atom. The summed E-state index contributed by atoms with van der Waals surface area (Å²) in [5.74, 6) is -0.886. The fourth-order valence-electron chi connectivity index (χ4n) is 1.90. The van der Waals surface area contributed by atoms with E-state index in [9.17, 15) is 9.59 Å². The van der Waals surface area contributed by atoms with E-state index in [1.54, 1.807) is 54.6 Å². The number of methoxy groups -OCH3 is 1. The highest BCUT2D eigenvalue weighted by Crippen LogP contribution is 2.16. The van der Waals surface area contributed by atoms with Crippen LogP contribution in [0, 0.1) is 11.3 Å². The predicted octanol–water partition coefficient (Wildman–Crippen LogP) is 3.00. The molecule has 0 radical (unpaired) electrons. The monoisotopic (exact) mass is 306 g/mol. The van der Waals surface area contributed by atoms with E-state index in [4.69, 9.17) is 5.26 Å². The summed E-state index contributed by atoms with van der Waals surface area (Å²) in [7, 11) is 1.28. The van der Waals surface area contributed by atoms with Gasteiger partial charge >= 0.3 is 5.97 Å². The molecule has 5 nitrogen and oxygen atoms in total. The molecule has 1 amide bonds. The van der Waals surface area contributed by atoms with Gasteiger partial charge in [0.15, 0.2) is 0 Å². The first-order valence-electron chi connectivity index (χ1n) is 6.80. The van der Waals surface area contributed by atoms with Gasteiger partial charge in [-0.2, -0.15) is 5.26 Å². The molecule has 2 aromatic rings. The van der Waals surface area contributed by atoms with Gasteiger partial charge in [0, 0.05) is 6.08 Å². The quantitative estimate of drug-likeness (QED) is 0.695. The fourth-order valence-corrected chi connectivity index (χ4v) is 1.90. The van der Waals surface area contributed by atoms with E-state index in [-0.39, 0.29) is 11.5 Å². The molecule has 0 fully saturated rings. The number of carbonyl (C=O) groups excluding carboxylic acids is 2. The molecule has 5 heteroatoms. The van der Waals surface area contributed by atoms with E-state index >= 15 is 0 Å². The Morgan fingerprint density at radius 3 is 2.48 bits per heavy atom. The van der Waals surface area contributed by atoms with Crippen molar-refractivity contribution >= 4 is 23.6 Å². The molecular formula is C18H14N2O3. The molecule has 0 aliphatic carbocycles. The number of nitrogens with zero attached hydrogens (tertiary/aromatic N) is 1. The molecule has 0 saturated heterocycles. The second kappa shape index (κ2) is 7.57. The summed E-state index contributed by atoms with van der Waals surface area (Å²) in [6.07, 6.45) is 2.98. The lowest BCUT2D eigenvalue weighted by Crippen LogP contribution is -2.12. The van der Waals surface area contributed by atoms with E-state index in [0.29, 0.717) is 11.3 Å². The Bertz CT molecular complexity index is 787. The summed E-state index contributed by atoms with van der Waals surface area (Å²) in [5, 5.41) is 11.4. The normalized spacial score (nSPS) is 10.1. The molecule has 0 atom stereocenters. The number of nitriles is 1. The minimum atomic E-state index is -0.517. The van der Waals surface area contributed by atoms with E-state index in [2.05, 4.69) is 10.1 Å². The Hall–Kier alpha value is -3.39. The zero-order valence-electron chi connectivity index (χ0n) is 12.4. The maximum Gasteiger partial charge on any atom is 0.339 e. The van der Waals surface area contributed by atoms with Gasteiger partial charge < -0.3 is 10.1 Å². The van der Waals surface area contributed by atoms with Crippen molar-refractivity contribution in [2.75, 3.05) is 12.4 Å². The summed E-state index contributed by atoms with van der Waals surface area (Å²) in [4.78, 5) is 23.6. The second-order valence-corrected chi connectivity index (χ2v) is 4.59. The Balaban J connectivity index is 2.09. The molecule has 23 heavy (non-hydrogen) atoms. The van der Waals surface area contributed by atoms with E-state index < -0.39 is 5.97 Å². The van der Waals surface area contributed by atoms with Crippen LogP contribution in [0.3, 0.4) is 0 Å². The van der Waals surface area contributed by atoms with Gasteiger partial charge in [0.2, 0.25) is 5.91 Å². The predicted molar refractivity (Wildman–Crippen MR) is 86.6 cm³/mol. The van der Waals surface area contributed by atoms with Crippen molar-refractivity contribution in [3.63, 3.8) is 0 Å². The lowest BCUT2D eigenvalue weighted by atomic mass is 10.1. The summed E-state index contributed by atoms with van der Waals surface area (Å²) >= 11 is 0. The number of hydrogen-bond acceptors (Lipinski definition) is 4. The average Bonchev–Trinajstić information content (AvgIpc) is 2.60. The highest BCUT2D eigenvalue weighted by molar-refractivity contribution is 6.06. The third-order valence-corrected chi connectivity index (χ3v) is 3.06. The summed E-state index contributed by atoms with van der Waals surface area (Å²) in [6.45, 7) is 0. The van der Waals surface area contributed by atoms with Crippen molar-refractivity contribution < 1.29 is 14.3 Å². The van der Waals surface area contributed by atoms with Gasteiger partial charge in [-0.15, -0.1) is 0 Å². The van der Waals surface area contributed by atoms with Crippen molar-refractivity contribution in [1.82, 2.24) is 0 Å². The maximum atomic E-state index is 12.0. The van der Waals surface area contributed by atoms with Crippen LogP contribution in [0.25, 0.3) is 6.08 Å². The third kappa shape index (κ3) is 4.29. The lowest BCUT2D eigenvalue weighted by molar-refractivity contribution is -0.111. The molecule has 114 valence electrons. The van der Waals surface area contributed by atoms with Gasteiger partial charge in [0.25, 0.3) is 0 Å². The first kappa shape index (κ1) is 16.0. The second-order valence-electron chi connectivity index (χ2n) is 4.59. The Kier molecular flexibility index (Phi) is 5.26. The maximum absolute atomic E-state index is 12.0. The number of nitrogens with one attached hydrogen (secondary N) is 1. The van der Waals surface area contributed by atoms with Crippen molar-refractivity contribution in [2.45, 2.75) is 0 Å². The number of para-hydroxylation sites is 1. The number of rotatable bonds is 4. The van der Waals surface area contributed by atoms with Gasteiger partial charge in [0.1, 0.15) is 0 Å². The standard InChI is InChI=1S/C18H14N2O3/c1-23-18(22)15-4-2-3-5-16(15)20-17(21)11-10-13-6-8-14(12-19)9-7-13/h2-11H,1H3,(H,20,21). The third-order valence-electron chi connectivity index (χ3n) is 3.06.